The standard InChI is InChI=1S/C35H43N3O8/c1-34(2,3)23-14-20(17-9-16(15-37(4)5)10-19(11-17)46-8)21-12-18-13-22-27(38(6)7)30(41)26(33(36)44)32(43)35(22,45)31(42)24(18)29(40)25(21)28(23)39/h9-11,14,18,22,27,39,41-42,45H,12-13,15H2,1-8H3,(H2,36,44)/t18-,22-,27-,35-/m0/s1. The number of allylic oxidation sites excluding steroid dienone is 1. The Hall–Kier alpha value is -4.19. The van der Waals surface area contributed by atoms with Crippen molar-refractivity contribution in [2.45, 2.75) is 57.2 Å². The molecule has 0 radical (unpaired) electrons. The van der Waals surface area contributed by atoms with Crippen molar-refractivity contribution in [1.29, 1.82) is 0 Å². The van der Waals surface area contributed by atoms with Crippen LogP contribution in [0.2, 0.25) is 0 Å². The van der Waals surface area contributed by atoms with Crippen LogP contribution in [0.3, 0.4) is 0 Å². The Labute approximate surface area is 268 Å². The largest absolute Gasteiger partial charge is 0.510 e. The van der Waals surface area contributed by atoms with Crippen molar-refractivity contribution in [2.75, 3.05) is 35.3 Å². The first-order chi connectivity index (χ1) is 21.3. The average molecular weight is 634 g/mol. The average Bonchev–Trinajstić information content (AvgIpc) is 2.93. The molecule has 11 nitrogen and oxygen atoms in total. The van der Waals surface area contributed by atoms with Crippen molar-refractivity contribution < 1.29 is 39.5 Å². The molecule has 246 valence electrons. The third kappa shape index (κ3) is 4.97. The van der Waals surface area contributed by atoms with E-state index in [9.17, 15) is 34.8 Å². The van der Waals surface area contributed by atoms with Gasteiger partial charge in [0.15, 0.2) is 11.4 Å². The number of likely N-dealkylation sites (N-methyl/N-ethyl adjacent to an activating group) is 1. The highest BCUT2D eigenvalue weighted by Crippen LogP contribution is 2.54. The van der Waals surface area contributed by atoms with Crippen LogP contribution < -0.4 is 10.5 Å². The summed E-state index contributed by atoms with van der Waals surface area (Å²) in [6.45, 7) is 6.36. The lowest BCUT2D eigenvalue weighted by molar-refractivity contribution is -0.148. The van der Waals surface area contributed by atoms with Crippen LogP contribution in [0.25, 0.3) is 11.1 Å². The van der Waals surface area contributed by atoms with E-state index in [1.165, 1.54) is 4.90 Å². The highest BCUT2D eigenvalue weighted by molar-refractivity contribution is 6.25. The number of phenols is 1. The fourth-order valence-corrected chi connectivity index (χ4v) is 7.54. The van der Waals surface area contributed by atoms with Crippen LogP contribution in [0, 0.1) is 11.8 Å². The Morgan fingerprint density at radius 3 is 2.26 bits per heavy atom. The number of amides is 1. The summed E-state index contributed by atoms with van der Waals surface area (Å²) in [4.78, 5) is 44.0. The molecule has 2 aromatic carbocycles. The van der Waals surface area contributed by atoms with Gasteiger partial charge >= 0.3 is 0 Å². The number of hydrogen-bond acceptors (Lipinski definition) is 10. The number of hydrogen-bond donors (Lipinski definition) is 5. The topological polar surface area (TPSA) is 174 Å². The van der Waals surface area contributed by atoms with Crippen molar-refractivity contribution in [3.63, 3.8) is 0 Å². The van der Waals surface area contributed by atoms with E-state index in [0.29, 0.717) is 29.0 Å². The molecule has 2 aromatic rings. The van der Waals surface area contributed by atoms with Crippen LogP contribution in [-0.2, 0) is 28.0 Å². The Kier molecular flexibility index (Phi) is 8.12. The third-order valence-electron chi connectivity index (χ3n) is 9.54. The highest BCUT2D eigenvalue weighted by atomic mass is 16.5. The lowest BCUT2D eigenvalue weighted by atomic mass is 9.58. The molecule has 0 aromatic heterocycles. The number of aromatic hydroxyl groups is 1. The molecule has 3 aliphatic carbocycles. The van der Waals surface area contributed by atoms with Gasteiger partial charge in [-0.2, -0.15) is 0 Å². The summed E-state index contributed by atoms with van der Waals surface area (Å²) in [7, 11) is 8.70. The fourth-order valence-electron chi connectivity index (χ4n) is 7.54. The molecule has 0 spiro atoms. The van der Waals surface area contributed by atoms with E-state index in [1.54, 1.807) is 21.2 Å². The van der Waals surface area contributed by atoms with Gasteiger partial charge in [0.05, 0.1) is 18.7 Å². The minimum absolute atomic E-state index is 0.0109. The zero-order valence-electron chi connectivity index (χ0n) is 27.6. The molecule has 46 heavy (non-hydrogen) atoms. The monoisotopic (exact) mass is 633 g/mol. The van der Waals surface area contributed by atoms with Crippen LogP contribution in [-0.4, -0.2) is 94.6 Å². The maximum atomic E-state index is 14.5. The predicted octanol–water partition coefficient (Wildman–Crippen LogP) is 3.16. The molecule has 1 amide bonds. The molecule has 3 aliphatic rings. The van der Waals surface area contributed by atoms with Crippen molar-refractivity contribution in [1.82, 2.24) is 9.80 Å². The Balaban J connectivity index is 1.80. The van der Waals surface area contributed by atoms with Gasteiger partial charge in [-0.1, -0.05) is 20.8 Å². The Bertz CT molecular complexity index is 1730. The van der Waals surface area contributed by atoms with Gasteiger partial charge in [-0.3, -0.25) is 19.3 Å². The molecule has 0 heterocycles. The van der Waals surface area contributed by atoms with Gasteiger partial charge in [0.1, 0.15) is 28.6 Å². The summed E-state index contributed by atoms with van der Waals surface area (Å²) < 4.78 is 5.63. The minimum Gasteiger partial charge on any atom is -0.510 e. The second-order valence-electron chi connectivity index (χ2n) is 14.2. The van der Waals surface area contributed by atoms with Gasteiger partial charge in [0, 0.05) is 23.6 Å². The van der Waals surface area contributed by atoms with Crippen molar-refractivity contribution in [2.24, 2.45) is 17.6 Å². The number of benzene rings is 2. The number of Topliss-reactive ketones (excluding diaryl/α,β-unsaturated/α-hetero) is 2. The zero-order valence-corrected chi connectivity index (χ0v) is 27.6. The normalized spacial score (nSPS) is 24.7. The Morgan fingerprint density at radius 1 is 1.07 bits per heavy atom. The number of aliphatic hydroxyl groups is 3. The first-order valence-corrected chi connectivity index (χ1v) is 15.2. The number of primary amides is 1. The molecule has 0 saturated carbocycles. The molecule has 0 aliphatic heterocycles. The van der Waals surface area contributed by atoms with Crippen LogP contribution >= 0.6 is 0 Å². The molecule has 11 heteroatoms. The number of rotatable bonds is 6. The van der Waals surface area contributed by atoms with E-state index in [1.807, 2.05) is 64.0 Å². The molecule has 6 N–H and O–H groups in total. The number of nitrogens with zero attached hydrogens (tertiary/aromatic N) is 2. The van der Waals surface area contributed by atoms with E-state index >= 15 is 0 Å². The summed E-state index contributed by atoms with van der Waals surface area (Å²) in [5, 5.41) is 46.4. The highest BCUT2D eigenvalue weighted by Gasteiger charge is 2.63. The summed E-state index contributed by atoms with van der Waals surface area (Å²) in [5.74, 6) is -6.13. The molecule has 0 bridgehead atoms. The first-order valence-electron chi connectivity index (χ1n) is 15.2. The van der Waals surface area contributed by atoms with Gasteiger partial charge < -0.3 is 35.8 Å². The third-order valence-corrected chi connectivity index (χ3v) is 9.54. The number of aliphatic hydroxyl groups excluding tert-OH is 2. The fraction of sp³-hybridized carbons (Fsp3) is 0.457. The van der Waals surface area contributed by atoms with Crippen LogP contribution in [0.4, 0.5) is 0 Å². The van der Waals surface area contributed by atoms with Crippen molar-refractivity contribution >= 4 is 17.5 Å². The minimum atomic E-state index is -2.70. The van der Waals surface area contributed by atoms with E-state index in [-0.39, 0.29) is 29.7 Å². The number of nitrogens with two attached hydrogens (primary N) is 1. The van der Waals surface area contributed by atoms with E-state index in [2.05, 4.69) is 0 Å². The van der Waals surface area contributed by atoms with Gasteiger partial charge in [-0.15, -0.1) is 0 Å². The number of methoxy groups -OCH3 is 1. The van der Waals surface area contributed by atoms with E-state index in [0.717, 1.165) is 11.1 Å². The van der Waals surface area contributed by atoms with Gasteiger partial charge in [-0.05, 0) is 98.9 Å². The number of carbonyl (C=O) groups excluding carboxylic acids is 3. The first kappa shape index (κ1) is 33.2. The van der Waals surface area contributed by atoms with Gasteiger partial charge in [0.2, 0.25) is 5.78 Å². The quantitative estimate of drug-likeness (QED) is 0.297. The van der Waals surface area contributed by atoms with E-state index in [4.69, 9.17) is 10.5 Å². The second kappa shape index (κ2) is 11.3. The second-order valence-corrected chi connectivity index (χ2v) is 14.2. The van der Waals surface area contributed by atoms with Crippen molar-refractivity contribution in [3.05, 3.63) is 69.2 Å². The lowest BCUT2D eigenvalue weighted by Gasteiger charge is -2.50. The molecular formula is C35H43N3O8. The predicted molar refractivity (Wildman–Crippen MR) is 172 cm³/mol. The smallest absolute Gasteiger partial charge is 0.255 e. The SMILES string of the molecule is COc1cc(CN(C)C)cc(-c2cc(C(C)(C)C)c(O)c3c2C[C@H]2C[C@H]4[C@H](N(C)C)C(O)=C(C(N)=O)C(=O)[C@@]4(O)C(O)=C2C3=O)c1. The number of ketones is 2. The van der Waals surface area contributed by atoms with E-state index < -0.39 is 63.5 Å². The maximum absolute atomic E-state index is 14.5. The number of carbonyl (C=O) groups is 3. The van der Waals surface area contributed by atoms with Crippen LogP contribution in [0.1, 0.15) is 54.2 Å². The van der Waals surface area contributed by atoms with Gasteiger partial charge in [-0.25, -0.2) is 0 Å². The van der Waals surface area contributed by atoms with Crippen LogP contribution in [0.5, 0.6) is 11.5 Å². The maximum Gasteiger partial charge on any atom is 0.255 e. The van der Waals surface area contributed by atoms with Crippen LogP contribution in [0.15, 0.2) is 46.9 Å². The molecule has 0 saturated heterocycles. The molecular weight excluding hydrogens is 590 g/mol. The summed E-state index contributed by atoms with van der Waals surface area (Å²) in [5.41, 5.74) is 4.65. The van der Waals surface area contributed by atoms with Gasteiger partial charge in [0.25, 0.3) is 5.91 Å². The van der Waals surface area contributed by atoms with Crippen molar-refractivity contribution in [3.8, 4) is 22.6 Å². The zero-order chi connectivity index (χ0) is 34.2. The summed E-state index contributed by atoms with van der Waals surface area (Å²) >= 11 is 0. The molecule has 0 unspecified atom stereocenters. The number of ether oxygens (including phenoxy) is 1. The number of phenolic OH excluding ortho intramolecular Hbond substituents is 1. The molecule has 5 rings (SSSR count). The molecule has 0 fully saturated rings. The summed E-state index contributed by atoms with van der Waals surface area (Å²) in [6, 6.07) is 6.67. The molecule has 4 atom stereocenters. The summed E-state index contributed by atoms with van der Waals surface area (Å²) in [6.07, 6.45) is 0.194. The lowest BCUT2D eigenvalue weighted by Crippen LogP contribution is -2.63. The number of fused-ring (bicyclic) bond motifs is 3. The Morgan fingerprint density at radius 2 is 1.72 bits per heavy atom.